The van der Waals surface area contributed by atoms with E-state index in [0.29, 0.717) is 0 Å². The minimum absolute atomic E-state index is 0.0267. The molecule has 0 heterocycles. The summed E-state index contributed by atoms with van der Waals surface area (Å²) >= 11 is 0. The molecule has 0 radical (unpaired) electrons. The molecule has 80 valence electrons. The minimum Gasteiger partial charge on any atom is -0.362 e. The Hall–Kier alpha value is -1.54. The van der Waals surface area contributed by atoms with Crippen molar-refractivity contribution in [1.29, 1.82) is 0 Å². The first-order chi connectivity index (χ1) is 7.66. The Morgan fingerprint density at radius 2 is 1.00 bits per heavy atom. The molecule has 0 amide bonds. The number of nitrogens with two attached hydrogens (primary N) is 1. The van der Waals surface area contributed by atoms with Crippen LogP contribution in [-0.2, 0) is 0 Å². The summed E-state index contributed by atoms with van der Waals surface area (Å²) in [6.45, 7) is 4.14. The summed E-state index contributed by atoms with van der Waals surface area (Å²) in [4.78, 5) is 0. The molecule has 0 unspecified atom stereocenters. The zero-order valence-electron chi connectivity index (χ0n) is 9.77. The monoisotopic (exact) mass is 209 g/mol. The SMILES string of the molecule is Cc1ccc(B(N)c2ccc(C)cc2)cc1. The zero-order valence-corrected chi connectivity index (χ0v) is 9.77. The molecule has 2 rings (SSSR count). The van der Waals surface area contributed by atoms with Crippen molar-refractivity contribution >= 4 is 17.8 Å². The first kappa shape index (κ1) is 11.0. The lowest BCUT2D eigenvalue weighted by Gasteiger charge is -2.09. The molecular formula is C14H16BN. The summed E-state index contributed by atoms with van der Waals surface area (Å²) in [7, 11) is 0. The van der Waals surface area contributed by atoms with Crippen LogP contribution in [-0.4, -0.2) is 6.85 Å². The fraction of sp³-hybridized carbons (Fsp3) is 0.143. The van der Waals surface area contributed by atoms with E-state index in [1.54, 1.807) is 0 Å². The normalized spacial score (nSPS) is 10.2. The minimum atomic E-state index is -0.0267. The van der Waals surface area contributed by atoms with Crippen LogP contribution >= 0.6 is 0 Å². The van der Waals surface area contributed by atoms with Crippen molar-refractivity contribution in [2.24, 2.45) is 5.64 Å². The third-order valence-electron chi connectivity index (χ3n) is 2.87. The predicted molar refractivity (Wildman–Crippen MR) is 71.6 cm³/mol. The van der Waals surface area contributed by atoms with Gasteiger partial charge in [-0.1, -0.05) is 70.6 Å². The van der Waals surface area contributed by atoms with E-state index in [2.05, 4.69) is 62.4 Å². The van der Waals surface area contributed by atoms with Crippen molar-refractivity contribution in [2.45, 2.75) is 13.8 Å². The number of aryl methyl sites for hydroxylation is 2. The summed E-state index contributed by atoms with van der Waals surface area (Å²) in [5, 5.41) is 0. The molecule has 0 aliphatic heterocycles. The fourth-order valence-electron chi connectivity index (χ4n) is 1.74. The van der Waals surface area contributed by atoms with E-state index in [1.807, 2.05) is 0 Å². The van der Waals surface area contributed by atoms with E-state index in [0.717, 1.165) is 10.9 Å². The molecule has 0 aliphatic carbocycles. The van der Waals surface area contributed by atoms with Crippen LogP contribution in [0.2, 0.25) is 0 Å². The van der Waals surface area contributed by atoms with Gasteiger partial charge in [0.25, 0.3) is 6.85 Å². The summed E-state index contributed by atoms with van der Waals surface area (Å²) < 4.78 is 0. The van der Waals surface area contributed by atoms with Gasteiger partial charge in [0.1, 0.15) is 0 Å². The van der Waals surface area contributed by atoms with Crippen LogP contribution in [0.25, 0.3) is 0 Å². The molecule has 0 spiro atoms. The zero-order chi connectivity index (χ0) is 11.5. The molecule has 0 aromatic heterocycles. The average molecular weight is 209 g/mol. The first-order valence-corrected chi connectivity index (χ1v) is 5.55. The number of rotatable bonds is 2. The topological polar surface area (TPSA) is 26.0 Å². The second-order valence-corrected chi connectivity index (χ2v) is 4.30. The van der Waals surface area contributed by atoms with Crippen LogP contribution in [0.1, 0.15) is 11.1 Å². The van der Waals surface area contributed by atoms with E-state index in [-0.39, 0.29) is 6.85 Å². The van der Waals surface area contributed by atoms with Crippen molar-refractivity contribution in [2.75, 3.05) is 0 Å². The standard InChI is InChI=1S/C14H16BN/c1-11-3-7-13(8-4-11)15(16)14-9-5-12(2)6-10-14/h3-10H,16H2,1-2H3. The van der Waals surface area contributed by atoms with Gasteiger partial charge < -0.3 is 5.64 Å². The van der Waals surface area contributed by atoms with Crippen LogP contribution < -0.4 is 16.6 Å². The highest BCUT2D eigenvalue weighted by atomic mass is 14.4. The second-order valence-electron chi connectivity index (χ2n) is 4.30. The molecule has 16 heavy (non-hydrogen) atoms. The van der Waals surface area contributed by atoms with Crippen LogP contribution in [0.3, 0.4) is 0 Å². The van der Waals surface area contributed by atoms with Crippen LogP contribution in [0.5, 0.6) is 0 Å². The number of hydrogen-bond donors (Lipinski definition) is 1. The van der Waals surface area contributed by atoms with Gasteiger partial charge in [-0.25, -0.2) is 0 Å². The van der Waals surface area contributed by atoms with E-state index in [4.69, 9.17) is 5.64 Å². The molecule has 0 saturated carbocycles. The molecule has 0 atom stereocenters. The lowest BCUT2D eigenvalue weighted by Crippen LogP contribution is -2.50. The van der Waals surface area contributed by atoms with Crippen molar-refractivity contribution in [3.05, 3.63) is 59.7 Å². The Morgan fingerprint density at radius 3 is 1.31 bits per heavy atom. The van der Waals surface area contributed by atoms with Crippen LogP contribution in [0.15, 0.2) is 48.5 Å². The highest BCUT2D eigenvalue weighted by Gasteiger charge is 2.13. The van der Waals surface area contributed by atoms with Gasteiger partial charge in [0.2, 0.25) is 0 Å². The van der Waals surface area contributed by atoms with Gasteiger partial charge in [-0.2, -0.15) is 0 Å². The summed E-state index contributed by atoms with van der Waals surface area (Å²) in [5.41, 5.74) is 11.1. The quantitative estimate of drug-likeness (QED) is 0.742. The van der Waals surface area contributed by atoms with Crippen LogP contribution in [0, 0.1) is 13.8 Å². The second kappa shape index (κ2) is 4.54. The van der Waals surface area contributed by atoms with Crippen molar-refractivity contribution in [1.82, 2.24) is 0 Å². The molecule has 0 fully saturated rings. The van der Waals surface area contributed by atoms with Crippen molar-refractivity contribution in [3.63, 3.8) is 0 Å². The maximum atomic E-state index is 6.22. The van der Waals surface area contributed by atoms with E-state index < -0.39 is 0 Å². The Balaban J connectivity index is 2.28. The van der Waals surface area contributed by atoms with Gasteiger partial charge in [0.15, 0.2) is 0 Å². The summed E-state index contributed by atoms with van der Waals surface area (Å²) in [5.74, 6) is 0. The first-order valence-electron chi connectivity index (χ1n) is 5.55. The summed E-state index contributed by atoms with van der Waals surface area (Å²) in [6, 6.07) is 16.8. The fourth-order valence-corrected chi connectivity index (χ4v) is 1.74. The lowest BCUT2D eigenvalue weighted by molar-refractivity contribution is 1.48. The molecular weight excluding hydrogens is 193 g/mol. The van der Waals surface area contributed by atoms with Crippen molar-refractivity contribution in [3.8, 4) is 0 Å². The Labute approximate surface area is 97.4 Å². The van der Waals surface area contributed by atoms with E-state index in [1.165, 1.54) is 11.1 Å². The molecule has 2 aromatic rings. The Kier molecular flexibility index (Phi) is 3.11. The van der Waals surface area contributed by atoms with Gasteiger partial charge >= 0.3 is 0 Å². The third-order valence-corrected chi connectivity index (χ3v) is 2.87. The van der Waals surface area contributed by atoms with E-state index >= 15 is 0 Å². The van der Waals surface area contributed by atoms with Gasteiger partial charge in [-0.15, -0.1) is 0 Å². The van der Waals surface area contributed by atoms with Crippen LogP contribution in [0.4, 0.5) is 0 Å². The number of benzene rings is 2. The van der Waals surface area contributed by atoms with E-state index in [9.17, 15) is 0 Å². The lowest BCUT2D eigenvalue weighted by atomic mass is 9.52. The van der Waals surface area contributed by atoms with Gasteiger partial charge in [0, 0.05) is 0 Å². The summed E-state index contributed by atoms with van der Waals surface area (Å²) in [6.07, 6.45) is 0. The molecule has 2 aromatic carbocycles. The van der Waals surface area contributed by atoms with Crippen molar-refractivity contribution < 1.29 is 0 Å². The molecule has 1 nitrogen and oxygen atoms in total. The van der Waals surface area contributed by atoms with Gasteiger partial charge in [-0.3, -0.25) is 0 Å². The smallest absolute Gasteiger partial charge is 0.286 e. The average Bonchev–Trinajstić information content (AvgIpc) is 2.30. The third kappa shape index (κ3) is 2.34. The molecule has 2 heteroatoms. The molecule has 0 aliphatic rings. The highest BCUT2D eigenvalue weighted by Crippen LogP contribution is 1.96. The number of hydrogen-bond acceptors (Lipinski definition) is 1. The highest BCUT2D eigenvalue weighted by molar-refractivity contribution is 6.82. The Bertz CT molecular complexity index is 414. The maximum absolute atomic E-state index is 6.22. The predicted octanol–water partition coefficient (Wildman–Crippen LogP) is 1.37. The molecule has 0 saturated heterocycles. The molecule has 2 N–H and O–H groups in total. The molecule has 0 bridgehead atoms. The Morgan fingerprint density at radius 1 is 0.688 bits per heavy atom. The maximum Gasteiger partial charge on any atom is 0.286 e. The largest absolute Gasteiger partial charge is 0.362 e. The van der Waals surface area contributed by atoms with Gasteiger partial charge in [-0.05, 0) is 13.8 Å². The van der Waals surface area contributed by atoms with Gasteiger partial charge in [0.05, 0.1) is 0 Å².